The van der Waals surface area contributed by atoms with Crippen molar-refractivity contribution in [3.05, 3.63) is 16.6 Å². The molecule has 1 aromatic heterocycles. The highest BCUT2D eigenvalue weighted by atomic mass is 32.1. The number of rotatable bonds is 12. The Kier molecular flexibility index (Phi) is 10.1. The Morgan fingerprint density at radius 2 is 1.79 bits per heavy atom. The summed E-state index contributed by atoms with van der Waals surface area (Å²) in [7, 11) is 0. The smallest absolute Gasteiger partial charge is 0.315 e. The van der Waals surface area contributed by atoms with Crippen molar-refractivity contribution >= 4 is 40.9 Å². The summed E-state index contributed by atoms with van der Waals surface area (Å²) in [5.74, 6) is -2.34. The molecule has 216 valence electrons. The van der Waals surface area contributed by atoms with Crippen LogP contribution in [-0.2, 0) is 25.6 Å². The van der Waals surface area contributed by atoms with Gasteiger partial charge in [-0.3, -0.25) is 19.2 Å². The Hall–Kier alpha value is -3.02. The van der Waals surface area contributed by atoms with Crippen molar-refractivity contribution in [2.75, 3.05) is 6.54 Å². The minimum absolute atomic E-state index is 0.141. The molecule has 12 heteroatoms. The molecule has 0 spiro atoms. The van der Waals surface area contributed by atoms with Gasteiger partial charge < -0.3 is 26.6 Å². The van der Waals surface area contributed by atoms with E-state index < -0.39 is 47.2 Å². The molecule has 3 rings (SSSR count). The van der Waals surface area contributed by atoms with Gasteiger partial charge >= 0.3 is 6.03 Å². The highest BCUT2D eigenvalue weighted by Gasteiger charge is 2.43. The lowest BCUT2D eigenvalue weighted by atomic mass is 9.85. The second kappa shape index (κ2) is 12.9. The van der Waals surface area contributed by atoms with Crippen LogP contribution >= 0.6 is 11.3 Å². The third-order valence-corrected chi connectivity index (χ3v) is 8.17. The van der Waals surface area contributed by atoms with E-state index in [2.05, 4.69) is 20.9 Å². The quantitative estimate of drug-likeness (QED) is 0.284. The first kappa shape index (κ1) is 30.5. The summed E-state index contributed by atoms with van der Waals surface area (Å²) in [6, 6.07) is -3.33. The molecule has 0 radical (unpaired) electrons. The van der Waals surface area contributed by atoms with Gasteiger partial charge in [0, 0.05) is 30.6 Å². The van der Waals surface area contributed by atoms with E-state index in [1.807, 2.05) is 40.0 Å². The number of urea groups is 1. The van der Waals surface area contributed by atoms with E-state index in [-0.39, 0.29) is 23.8 Å². The number of nitrogens with two attached hydrogens (primary N) is 1. The Balaban J connectivity index is 1.69. The zero-order valence-corrected chi connectivity index (χ0v) is 24.3. The number of aromatic nitrogens is 1. The number of amides is 5. The number of Topliss-reactive ketones (excluding diaryl/α,β-unsaturated/α-hetero) is 1. The number of nitrogens with one attached hydrogen (secondary N) is 3. The third kappa shape index (κ3) is 8.48. The molecule has 39 heavy (non-hydrogen) atoms. The fraction of sp³-hybridized carbons (Fsp3) is 0.704. The van der Waals surface area contributed by atoms with Crippen LogP contribution in [0.5, 0.6) is 0 Å². The van der Waals surface area contributed by atoms with Crippen LogP contribution in [0, 0.1) is 17.3 Å². The van der Waals surface area contributed by atoms with E-state index in [0.717, 1.165) is 17.8 Å². The summed E-state index contributed by atoms with van der Waals surface area (Å²) < 4.78 is 0. The summed E-state index contributed by atoms with van der Waals surface area (Å²) in [5.41, 5.74) is 4.57. The van der Waals surface area contributed by atoms with Crippen LogP contribution in [0.3, 0.4) is 0 Å². The van der Waals surface area contributed by atoms with Crippen molar-refractivity contribution in [2.45, 2.75) is 97.3 Å². The van der Waals surface area contributed by atoms with E-state index in [1.165, 1.54) is 16.2 Å². The van der Waals surface area contributed by atoms with Gasteiger partial charge in [0.1, 0.15) is 12.1 Å². The molecular formula is C27H42N6O5S. The molecule has 1 aliphatic carbocycles. The molecule has 1 saturated carbocycles. The summed E-state index contributed by atoms with van der Waals surface area (Å²) in [6.07, 6.45) is 5.57. The zero-order chi connectivity index (χ0) is 28.9. The Morgan fingerprint density at radius 3 is 2.33 bits per heavy atom. The molecule has 2 aliphatic rings. The molecule has 5 N–H and O–H groups in total. The molecule has 0 aromatic carbocycles. The molecule has 2 fully saturated rings. The van der Waals surface area contributed by atoms with Crippen molar-refractivity contribution in [1.29, 1.82) is 0 Å². The van der Waals surface area contributed by atoms with Crippen molar-refractivity contribution in [1.82, 2.24) is 25.8 Å². The number of thiazole rings is 1. The number of ketones is 1. The molecule has 11 nitrogen and oxygen atoms in total. The molecule has 5 amide bonds. The Bertz CT molecular complexity index is 1050. The fourth-order valence-corrected chi connectivity index (χ4v) is 5.49. The lowest BCUT2D eigenvalue weighted by molar-refractivity contribution is -0.143. The van der Waals surface area contributed by atoms with Gasteiger partial charge in [-0.15, -0.1) is 11.3 Å². The summed E-state index contributed by atoms with van der Waals surface area (Å²) in [4.78, 5) is 69.8. The molecule has 1 saturated heterocycles. The molecule has 4 atom stereocenters. The van der Waals surface area contributed by atoms with Gasteiger partial charge in [-0.25, -0.2) is 9.78 Å². The topological polar surface area (TPSA) is 164 Å². The van der Waals surface area contributed by atoms with Crippen molar-refractivity contribution < 1.29 is 24.0 Å². The van der Waals surface area contributed by atoms with Gasteiger partial charge in [-0.2, -0.15) is 0 Å². The number of likely N-dealkylation sites (tertiary alicyclic amines) is 1. The first-order valence-electron chi connectivity index (χ1n) is 13.7. The predicted octanol–water partition coefficient (Wildman–Crippen LogP) is 1.75. The first-order valence-corrected chi connectivity index (χ1v) is 14.6. The Labute approximate surface area is 234 Å². The summed E-state index contributed by atoms with van der Waals surface area (Å²) in [6.45, 7) is 9.94. The van der Waals surface area contributed by atoms with Crippen LogP contribution in [0.4, 0.5) is 4.79 Å². The van der Waals surface area contributed by atoms with Crippen molar-refractivity contribution in [3.8, 4) is 0 Å². The van der Waals surface area contributed by atoms with Crippen molar-refractivity contribution in [2.24, 2.45) is 23.0 Å². The van der Waals surface area contributed by atoms with Crippen molar-refractivity contribution in [3.63, 3.8) is 0 Å². The van der Waals surface area contributed by atoms with Crippen LogP contribution in [0.15, 0.2) is 11.6 Å². The van der Waals surface area contributed by atoms with Crippen LogP contribution < -0.4 is 21.7 Å². The number of hydrogen-bond acceptors (Lipinski definition) is 7. The SMILES string of the molecule is CC(C)[C@@H](Cc1nccs1)NC(=O)N[C@H](C(=O)N1CCC[C@H]1C(=O)NC(CC1CC1)C(=O)C(N)=O)C(C)(C)C. The summed E-state index contributed by atoms with van der Waals surface area (Å²) >= 11 is 1.52. The maximum Gasteiger partial charge on any atom is 0.315 e. The van der Waals surface area contributed by atoms with Gasteiger partial charge in [0.25, 0.3) is 5.91 Å². The minimum atomic E-state index is -1.09. The number of nitrogens with zero attached hydrogens (tertiary/aromatic N) is 2. The molecule has 1 aromatic rings. The van der Waals surface area contributed by atoms with Gasteiger partial charge in [0.05, 0.1) is 11.0 Å². The number of hydrogen-bond donors (Lipinski definition) is 4. The molecule has 2 heterocycles. The standard InChI is InChI=1S/C27H42N6O5S/c1-15(2)17(14-20-29-10-12-39-20)31-26(38)32-22(27(3,4)5)25(37)33-11-6-7-19(33)24(36)30-18(13-16-8-9-16)21(34)23(28)35/h10,12,15-19,22H,6-9,11,13-14H2,1-5H3,(H2,28,35)(H,30,36)(H2,31,32,38)/t17-,18?,19+,22-/m1/s1. The van der Waals surface area contributed by atoms with Gasteiger partial charge in [0.15, 0.2) is 0 Å². The second-order valence-corrected chi connectivity index (χ2v) is 13.0. The van der Waals surface area contributed by atoms with E-state index in [4.69, 9.17) is 5.73 Å². The fourth-order valence-electron chi connectivity index (χ4n) is 4.81. The highest BCUT2D eigenvalue weighted by Crippen LogP contribution is 2.34. The molecular weight excluding hydrogens is 520 g/mol. The lowest BCUT2D eigenvalue weighted by Gasteiger charge is -2.36. The second-order valence-electron chi connectivity index (χ2n) is 12.1. The monoisotopic (exact) mass is 562 g/mol. The average molecular weight is 563 g/mol. The molecule has 1 aliphatic heterocycles. The maximum absolute atomic E-state index is 13.8. The van der Waals surface area contributed by atoms with E-state index in [0.29, 0.717) is 32.2 Å². The minimum Gasteiger partial charge on any atom is -0.363 e. The Morgan fingerprint density at radius 1 is 1.10 bits per heavy atom. The molecule has 0 bridgehead atoms. The van der Waals surface area contributed by atoms with E-state index in [9.17, 15) is 24.0 Å². The normalized spacial score (nSPS) is 19.7. The van der Waals surface area contributed by atoms with Crippen LogP contribution in [0.25, 0.3) is 0 Å². The number of carbonyl (C=O) groups is 5. The summed E-state index contributed by atoms with van der Waals surface area (Å²) in [5, 5.41) is 11.3. The van der Waals surface area contributed by atoms with Gasteiger partial charge in [-0.1, -0.05) is 47.5 Å². The van der Waals surface area contributed by atoms with E-state index in [1.54, 1.807) is 6.20 Å². The third-order valence-electron chi connectivity index (χ3n) is 7.37. The number of primary amides is 1. The predicted molar refractivity (Wildman–Crippen MR) is 148 cm³/mol. The van der Waals surface area contributed by atoms with Crippen LogP contribution in [0.2, 0.25) is 0 Å². The number of carbonyl (C=O) groups excluding carboxylic acids is 5. The lowest BCUT2D eigenvalue weighted by Crippen LogP contribution is -2.60. The zero-order valence-electron chi connectivity index (χ0n) is 23.5. The first-order chi connectivity index (χ1) is 18.3. The molecule has 1 unspecified atom stereocenters. The van der Waals surface area contributed by atoms with Crippen LogP contribution in [0.1, 0.15) is 71.7 Å². The maximum atomic E-state index is 13.8. The van der Waals surface area contributed by atoms with Gasteiger partial charge in [0.2, 0.25) is 17.6 Å². The van der Waals surface area contributed by atoms with Gasteiger partial charge in [-0.05, 0) is 36.5 Å². The highest BCUT2D eigenvalue weighted by molar-refractivity contribution is 7.09. The average Bonchev–Trinajstić information content (AvgIpc) is 3.30. The largest absolute Gasteiger partial charge is 0.363 e. The van der Waals surface area contributed by atoms with Crippen LogP contribution in [-0.4, -0.2) is 70.1 Å². The van der Waals surface area contributed by atoms with E-state index >= 15 is 0 Å².